The van der Waals surface area contributed by atoms with Crippen LogP contribution in [0.5, 0.6) is 0 Å². The van der Waals surface area contributed by atoms with Crippen molar-refractivity contribution in [2.24, 2.45) is 0 Å². The maximum Gasteiger partial charge on any atom is 0.237 e. The largest absolute Gasteiger partial charge is 0.325 e. The first-order valence-electron chi connectivity index (χ1n) is 10.3. The summed E-state index contributed by atoms with van der Waals surface area (Å²) in [6.07, 6.45) is 6.28. The number of hydrogen-bond donors (Lipinski definition) is 1. The maximum atomic E-state index is 12.7. The Bertz CT molecular complexity index is 1210. The zero-order valence-electron chi connectivity index (χ0n) is 17.5. The van der Waals surface area contributed by atoms with E-state index in [2.05, 4.69) is 16.4 Å². The van der Waals surface area contributed by atoms with Gasteiger partial charge >= 0.3 is 0 Å². The van der Waals surface area contributed by atoms with Gasteiger partial charge in [0.2, 0.25) is 5.91 Å². The summed E-state index contributed by atoms with van der Waals surface area (Å²) in [5, 5.41) is 14.5. The van der Waals surface area contributed by atoms with Crippen LogP contribution in [0, 0.1) is 11.3 Å². The standard InChI is InChI=1S/C25H21N3O2S2/c1-16(32-25-19(15-26)14-18-4-2-6-22(18)28-25)24(30)27-20-9-7-17(8-10-20)23(29)12-11-21-5-3-13-31-21/h3,5,7-14,16H,2,4,6H2,1H3,(H,27,30). The molecule has 1 unspecified atom stereocenters. The monoisotopic (exact) mass is 459 g/mol. The van der Waals surface area contributed by atoms with Crippen LogP contribution < -0.4 is 5.32 Å². The number of carbonyl (C=O) groups excluding carboxylic acids is 2. The van der Waals surface area contributed by atoms with Gasteiger partial charge in [0.1, 0.15) is 11.1 Å². The fourth-order valence-corrected chi connectivity index (χ4v) is 4.96. The summed E-state index contributed by atoms with van der Waals surface area (Å²) in [6.45, 7) is 1.79. The molecule has 0 spiro atoms. The predicted octanol–water partition coefficient (Wildman–Crippen LogP) is 5.52. The second-order valence-corrected chi connectivity index (χ2v) is 9.76. The van der Waals surface area contributed by atoms with Gasteiger partial charge in [0, 0.05) is 21.8 Å². The highest BCUT2D eigenvalue weighted by atomic mass is 32.2. The first-order chi connectivity index (χ1) is 15.5. The van der Waals surface area contributed by atoms with E-state index in [1.54, 1.807) is 54.7 Å². The molecule has 5 nitrogen and oxygen atoms in total. The molecule has 1 aliphatic carbocycles. The van der Waals surface area contributed by atoms with Crippen LogP contribution >= 0.6 is 23.1 Å². The number of allylic oxidation sites excluding steroid dienone is 1. The Hall–Kier alpha value is -3.21. The van der Waals surface area contributed by atoms with Crippen molar-refractivity contribution in [3.8, 4) is 6.07 Å². The number of anilines is 1. The van der Waals surface area contributed by atoms with Crippen molar-refractivity contribution in [3.63, 3.8) is 0 Å². The molecule has 1 N–H and O–H groups in total. The smallest absolute Gasteiger partial charge is 0.237 e. The van der Waals surface area contributed by atoms with Crippen LogP contribution in [-0.2, 0) is 17.6 Å². The molecule has 1 amide bonds. The second kappa shape index (κ2) is 9.94. The zero-order chi connectivity index (χ0) is 22.5. The first-order valence-corrected chi connectivity index (χ1v) is 12.1. The molecule has 0 saturated carbocycles. The van der Waals surface area contributed by atoms with Crippen molar-refractivity contribution in [3.05, 3.63) is 81.2 Å². The third kappa shape index (κ3) is 5.16. The Morgan fingerprint density at radius 2 is 2.06 bits per heavy atom. The van der Waals surface area contributed by atoms with E-state index in [1.807, 2.05) is 23.6 Å². The van der Waals surface area contributed by atoms with Crippen LogP contribution in [0.2, 0.25) is 0 Å². The lowest BCUT2D eigenvalue weighted by molar-refractivity contribution is -0.115. The number of pyridine rings is 1. The van der Waals surface area contributed by atoms with Gasteiger partial charge in [-0.05, 0) is 85.7 Å². The lowest BCUT2D eigenvalue weighted by atomic mass is 10.1. The normalized spacial score (nSPS) is 13.5. The van der Waals surface area contributed by atoms with E-state index in [0.29, 0.717) is 21.8 Å². The van der Waals surface area contributed by atoms with Gasteiger partial charge in [-0.2, -0.15) is 5.26 Å². The number of amides is 1. The Kier molecular flexibility index (Phi) is 6.84. The van der Waals surface area contributed by atoms with E-state index < -0.39 is 5.25 Å². The lowest BCUT2D eigenvalue weighted by Crippen LogP contribution is -2.22. The molecule has 2 aromatic heterocycles. The number of ketones is 1. The summed E-state index contributed by atoms with van der Waals surface area (Å²) in [5.41, 5.74) is 3.87. The van der Waals surface area contributed by atoms with E-state index in [-0.39, 0.29) is 11.7 Å². The highest BCUT2D eigenvalue weighted by Crippen LogP contribution is 2.30. The molecule has 4 rings (SSSR count). The van der Waals surface area contributed by atoms with Crippen LogP contribution in [0.15, 0.2) is 58.9 Å². The van der Waals surface area contributed by atoms with E-state index in [1.165, 1.54) is 11.8 Å². The molecule has 3 aromatic rings. The van der Waals surface area contributed by atoms with Crippen LogP contribution in [0.3, 0.4) is 0 Å². The summed E-state index contributed by atoms with van der Waals surface area (Å²) >= 11 is 2.86. The number of hydrogen-bond acceptors (Lipinski definition) is 6. The average Bonchev–Trinajstić information content (AvgIpc) is 3.49. The molecule has 32 heavy (non-hydrogen) atoms. The molecule has 2 heterocycles. The van der Waals surface area contributed by atoms with Crippen molar-refractivity contribution in [2.45, 2.75) is 36.5 Å². The van der Waals surface area contributed by atoms with Gasteiger partial charge in [-0.15, -0.1) is 11.3 Å². The number of nitrogens with zero attached hydrogens (tertiary/aromatic N) is 2. The van der Waals surface area contributed by atoms with Crippen LogP contribution in [0.25, 0.3) is 6.08 Å². The minimum Gasteiger partial charge on any atom is -0.325 e. The van der Waals surface area contributed by atoms with Gasteiger partial charge in [-0.25, -0.2) is 4.98 Å². The number of fused-ring (bicyclic) bond motifs is 1. The van der Waals surface area contributed by atoms with Gasteiger partial charge in [-0.3, -0.25) is 9.59 Å². The van der Waals surface area contributed by atoms with Crippen LogP contribution in [-0.4, -0.2) is 21.9 Å². The number of benzene rings is 1. The Morgan fingerprint density at radius 3 is 2.78 bits per heavy atom. The van der Waals surface area contributed by atoms with E-state index in [0.717, 1.165) is 35.4 Å². The Balaban J connectivity index is 1.37. The number of aryl methyl sites for hydroxylation is 2. The quantitative estimate of drug-likeness (QED) is 0.286. The van der Waals surface area contributed by atoms with Crippen molar-refractivity contribution < 1.29 is 9.59 Å². The molecule has 0 saturated heterocycles. The number of aromatic nitrogens is 1. The highest BCUT2D eigenvalue weighted by Gasteiger charge is 2.21. The minimum absolute atomic E-state index is 0.0908. The third-order valence-corrected chi connectivity index (χ3v) is 7.11. The van der Waals surface area contributed by atoms with E-state index in [4.69, 9.17) is 0 Å². The number of nitriles is 1. The molecular formula is C25H21N3O2S2. The molecule has 1 atom stereocenters. The van der Waals surface area contributed by atoms with Crippen molar-refractivity contribution in [2.75, 3.05) is 5.32 Å². The van der Waals surface area contributed by atoms with Crippen LogP contribution in [0.4, 0.5) is 5.69 Å². The molecule has 0 radical (unpaired) electrons. The van der Waals surface area contributed by atoms with E-state index in [9.17, 15) is 14.9 Å². The number of thiophene rings is 1. The molecule has 160 valence electrons. The van der Waals surface area contributed by atoms with Gasteiger partial charge in [-0.1, -0.05) is 17.8 Å². The maximum absolute atomic E-state index is 12.7. The molecule has 1 aromatic carbocycles. The summed E-state index contributed by atoms with van der Waals surface area (Å²) in [7, 11) is 0. The summed E-state index contributed by atoms with van der Waals surface area (Å²) in [5.74, 6) is -0.273. The fourth-order valence-electron chi connectivity index (χ4n) is 3.45. The van der Waals surface area contributed by atoms with Crippen LogP contribution in [0.1, 0.15) is 45.4 Å². The number of nitrogens with one attached hydrogen (secondary N) is 1. The van der Waals surface area contributed by atoms with Gasteiger partial charge < -0.3 is 5.32 Å². The molecule has 0 fully saturated rings. The summed E-state index contributed by atoms with van der Waals surface area (Å²) in [4.78, 5) is 30.7. The van der Waals surface area contributed by atoms with Gasteiger partial charge in [0.25, 0.3) is 0 Å². The van der Waals surface area contributed by atoms with Crippen molar-refractivity contribution in [1.29, 1.82) is 5.26 Å². The summed E-state index contributed by atoms with van der Waals surface area (Å²) in [6, 6.07) is 14.8. The molecular weight excluding hydrogens is 438 g/mol. The molecule has 0 aliphatic heterocycles. The summed E-state index contributed by atoms with van der Waals surface area (Å²) < 4.78 is 0. The van der Waals surface area contributed by atoms with Crippen molar-refractivity contribution >= 4 is 46.6 Å². The fraction of sp³-hybridized carbons (Fsp3) is 0.200. The number of thioether (sulfide) groups is 1. The topological polar surface area (TPSA) is 82.8 Å². The first kappa shape index (κ1) is 22.0. The number of rotatable bonds is 7. The Morgan fingerprint density at radius 1 is 1.25 bits per heavy atom. The average molecular weight is 460 g/mol. The Labute approximate surface area is 195 Å². The highest BCUT2D eigenvalue weighted by molar-refractivity contribution is 8.00. The zero-order valence-corrected chi connectivity index (χ0v) is 19.1. The SMILES string of the molecule is CC(Sc1nc2c(cc1C#N)CCC2)C(=O)Nc1ccc(C(=O)C=Cc2cccs2)cc1. The molecule has 0 bridgehead atoms. The second-order valence-electron chi connectivity index (χ2n) is 7.45. The third-order valence-electron chi connectivity index (χ3n) is 5.17. The minimum atomic E-state index is -0.427. The number of carbonyl (C=O) groups is 2. The predicted molar refractivity (Wildman–Crippen MR) is 129 cm³/mol. The molecule has 1 aliphatic rings. The molecule has 7 heteroatoms. The lowest BCUT2D eigenvalue weighted by Gasteiger charge is -2.13. The van der Waals surface area contributed by atoms with Gasteiger partial charge in [0.05, 0.1) is 10.8 Å². The van der Waals surface area contributed by atoms with Crippen molar-refractivity contribution in [1.82, 2.24) is 4.98 Å². The van der Waals surface area contributed by atoms with Gasteiger partial charge in [0.15, 0.2) is 5.78 Å². The van der Waals surface area contributed by atoms with E-state index >= 15 is 0 Å².